The molecule has 10 nitrogen and oxygen atoms in total. The lowest BCUT2D eigenvalue weighted by Crippen LogP contribution is -2.08. The Morgan fingerprint density at radius 2 is 2.03 bits per heavy atom. The van der Waals surface area contributed by atoms with Crippen molar-refractivity contribution in [1.82, 2.24) is 39.3 Å². The number of nitrogens with zero attached hydrogens (tertiary/aromatic N) is 8. The van der Waals surface area contributed by atoms with Gasteiger partial charge in [0.2, 0.25) is 5.28 Å². The van der Waals surface area contributed by atoms with Crippen LogP contribution in [0.3, 0.4) is 0 Å². The van der Waals surface area contributed by atoms with E-state index in [9.17, 15) is 0 Å². The molecule has 31 heavy (non-hydrogen) atoms. The van der Waals surface area contributed by atoms with E-state index in [0.29, 0.717) is 53.2 Å². The number of anilines is 1. The maximum Gasteiger partial charge on any atom is 0.257 e. The molecule has 1 fully saturated rings. The third-order valence-corrected chi connectivity index (χ3v) is 5.71. The summed E-state index contributed by atoms with van der Waals surface area (Å²) in [4.78, 5) is 8.17. The molecule has 0 saturated heterocycles. The number of hydrogen-bond acceptors (Lipinski definition) is 7. The Labute approximate surface area is 187 Å². The first-order valence-electron chi connectivity index (χ1n) is 9.99. The lowest BCUT2D eigenvalue weighted by molar-refractivity contribution is 0.288. The van der Waals surface area contributed by atoms with E-state index in [-0.39, 0.29) is 5.28 Å². The lowest BCUT2D eigenvalue weighted by Gasteiger charge is -2.06. The second-order valence-electron chi connectivity index (χ2n) is 7.65. The maximum absolute atomic E-state index is 6.42. The fourth-order valence-electron chi connectivity index (χ4n) is 3.69. The van der Waals surface area contributed by atoms with Gasteiger partial charge in [-0.3, -0.25) is 4.68 Å². The monoisotopic (exact) mass is 461 g/mol. The Kier molecular flexibility index (Phi) is 4.98. The highest BCUT2D eigenvalue weighted by atomic mass is 35.5. The first-order chi connectivity index (χ1) is 14.9. The van der Waals surface area contributed by atoms with Gasteiger partial charge in [-0.15, -0.1) is 5.10 Å². The van der Waals surface area contributed by atoms with Crippen LogP contribution in [-0.4, -0.2) is 45.9 Å². The number of nitrogens with two attached hydrogens (primary N) is 1. The first-order valence-corrected chi connectivity index (χ1v) is 10.7. The van der Waals surface area contributed by atoms with Crippen LogP contribution < -0.4 is 10.5 Å². The van der Waals surface area contributed by atoms with Crippen molar-refractivity contribution in [3.05, 3.63) is 34.1 Å². The zero-order valence-electron chi connectivity index (χ0n) is 17.1. The Bertz CT molecular complexity index is 1270. The molecule has 0 unspecified atom stereocenters. The average molecular weight is 462 g/mol. The number of hydrogen-bond donors (Lipinski definition) is 1. The molecular weight excluding hydrogens is 441 g/mol. The molecule has 4 heterocycles. The van der Waals surface area contributed by atoms with Crippen LogP contribution in [0.4, 0.5) is 5.69 Å². The summed E-state index contributed by atoms with van der Waals surface area (Å²) in [5, 5.41) is 14.5. The minimum atomic E-state index is 0.151. The second-order valence-corrected chi connectivity index (χ2v) is 8.35. The standard InChI is InChI=1S/C19H21Cl2N9O/c1-10-8-13(28(2)25-10)30-15(11-4-5-11)14(22)18(27-30)31-7-3-6-29-17-12(16(20)26-29)9-23-19(21)24-17/h8-9,11H,3-7,22H2,1-2H3. The zero-order chi connectivity index (χ0) is 21.7. The first kappa shape index (κ1) is 20.1. The largest absolute Gasteiger partial charge is 0.475 e. The number of fused-ring (bicyclic) bond motifs is 1. The number of aromatic nitrogens is 8. The zero-order valence-corrected chi connectivity index (χ0v) is 18.6. The summed E-state index contributed by atoms with van der Waals surface area (Å²) in [6, 6.07) is 1.99. The molecule has 4 aromatic rings. The summed E-state index contributed by atoms with van der Waals surface area (Å²) in [5.74, 6) is 1.71. The molecule has 0 atom stereocenters. The maximum atomic E-state index is 6.42. The van der Waals surface area contributed by atoms with Gasteiger partial charge in [0, 0.05) is 38.2 Å². The van der Waals surface area contributed by atoms with Gasteiger partial charge >= 0.3 is 0 Å². The van der Waals surface area contributed by atoms with E-state index < -0.39 is 0 Å². The van der Waals surface area contributed by atoms with Crippen molar-refractivity contribution in [3.63, 3.8) is 0 Å². The number of halogens is 2. The van der Waals surface area contributed by atoms with Crippen LogP contribution in [0.2, 0.25) is 10.4 Å². The van der Waals surface area contributed by atoms with Crippen LogP contribution in [0, 0.1) is 6.92 Å². The fourth-order valence-corrected chi connectivity index (χ4v) is 4.04. The van der Waals surface area contributed by atoms with Crippen molar-refractivity contribution >= 4 is 39.9 Å². The normalized spacial score (nSPS) is 13.9. The Morgan fingerprint density at radius 1 is 1.23 bits per heavy atom. The average Bonchev–Trinajstić information content (AvgIpc) is 3.34. The molecule has 12 heteroatoms. The second kappa shape index (κ2) is 7.69. The van der Waals surface area contributed by atoms with Gasteiger partial charge in [0.1, 0.15) is 5.69 Å². The highest BCUT2D eigenvalue weighted by Gasteiger charge is 2.33. The smallest absolute Gasteiger partial charge is 0.257 e. The highest BCUT2D eigenvalue weighted by molar-refractivity contribution is 6.34. The molecule has 0 aliphatic heterocycles. The van der Waals surface area contributed by atoms with E-state index in [1.165, 1.54) is 0 Å². The fraction of sp³-hybridized carbons (Fsp3) is 0.421. The van der Waals surface area contributed by atoms with Gasteiger partial charge in [-0.2, -0.15) is 15.2 Å². The summed E-state index contributed by atoms with van der Waals surface area (Å²) in [7, 11) is 1.90. The molecule has 0 bridgehead atoms. The number of nitrogen functional groups attached to an aromatic ring is 1. The third-order valence-electron chi connectivity index (χ3n) is 5.25. The van der Waals surface area contributed by atoms with Crippen LogP contribution in [0.25, 0.3) is 16.9 Å². The van der Waals surface area contributed by atoms with Crippen molar-refractivity contribution in [2.75, 3.05) is 12.3 Å². The van der Waals surface area contributed by atoms with Crippen LogP contribution in [0.5, 0.6) is 5.88 Å². The van der Waals surface area contributed by atoms with Gasteiger partial charge in [0.15, 0.2) is 16.6 Å². The molecule has 2 N–H and O–H groups in total. The molecule has 0 amide bonds. The molecule has 0 spiro atoms. The van der Waals surface area contributed by atoms with E-state index in [1.807, 2.05) is 24.7 Å². The molecule has 5 rings (SSSR count). The van der Waals surface area contributed by atoms with Gasteiger partial charge in [-0.05, 0) is 31.4 Å². The quantitative estimate of drug-likeness (QED) is 0.331. The van der Waals surface area contributed by atoms with Crippen LogP contribution >= 0.6 is 23.2 Å². The van der Waals surface area contributed by atoms with E-state index in [2.05, 4.69) is 25.3 Å². The third kappa shape index (κ3) is 3.70. The van der Waals surface area contributed by atoms with Gasteiger partial charge in [0.25, 0.3) is 5.88 Å². The molecule has 0 radical (unpaired) electrons. The van der Waals surface area contributed by atoms with E-state index in [4.69, 9.17) is 33.7 Å². The van der Waals surface area contributed by atoms with Gasteiger partial charge in [-0.25, -0.2) is 14.3 Å². The molecule has 4 aromatic heterocycles. The topological polar surface area (TPSA) is 114 Å². The minimum absolute atomic E-state index is 0.151. The van der Waals surface area contributed by atoms with Crippen LogP contribution in [-0.2, 0) is 13.6 Å². The molecular formula is C19H21Cl2N9O. The van der Waals surface area contributed by atoms with Gasteiger partial charge in [0.05, 0.1) is 23.4 Å². The summed E-state index contributed by atoms with van der Waals surface area (Å²) in [6.45, 7) is 2.91. The van der Waals surface area contributed by atoms with Crippen molar-refractivity contribution in [1.29, 1.82) is 0 Å². The summed E-state index contributed by atoms with van der Waals surface area (Å²) in [6.07, 6.45) is 4.43. The molecule has 1 saturated carbocycles. The number of rotatable bonds is 7. The predicted octanol–water partition coefficient (Wildman–Crippen LogP) is 3.29. The van der Waals surface area contributed by atoms with Crippen LogP contribution in [0.1, 0.15) is 36.6 Å². The predicted molar refractivity (Wildman–Crippen MR) is 117 cm³/mol. The van der Waals surface area contributed by atoms with Gasteiger partial charge < -0.3 is 10.5 Å². The van der Waals surface area contributed by atoms with Crippen LogP contribution in [0.15, 0.2) is 12.3 Å². The van der Waals surface area contributed by atoms with Crippen molar-refractivity contribution in [2.45, 2.75) is 38.6 Å². The number of aryl methyl sites for hydroxylation is 3. The molecule has 1 aliphatic carbocycles. The van der Waals surface area contributed by atoms with Crippen molar-refractivity contribution < 1.29 is 4.74 Å². The summed E-state index contributed by atoms with van der Waals surface area (Å²) in [5.41, 5.74) is 9.52. The van der Waals surface area contributed by atoms with Crippen molar-refractivity contribution in [3.8, 4) is 11.7 Å². The number of ether oxygens (including phenoxy) is 1. The lowest BCUT2D eigenvalue weighted by atomic mass is 10.2. The SMILES string of the molecule is Cc1cc(-n2nc(OCCCn3nc(Cl)c4cnc(Cl)nc43)c(N)c2C2CC2)n(C)n1. The summed E-state index contributed by atoms with van der Waals surface area (Å²) >= 11 is 12.1. The summed E-state index contributed by atoms with van der Waals surface area (Å²) < 4.78 is 11.3. The minimum Gasteiger partial charge on any atom is -0.475 e. The highest BCUT2D eigenvalue weighted by Crippen LogP contribution is 2.46. The van der Waals surface area contributed by atoms with Crippen molar-refractivity contribution in [2.24, 2.45) is 7.05 Å². The Balaban J connectivity index is 1.32. The Morgan fingerprint density at radius 3 is 2.74 bits per heavy atom. The van der Waals surface area contributed by atoms with E-state index in [0.717, 1.165) is 30.0 Å². The van der Waals surface area contributed by atoms with E-state index >= 15 is 0 Å². The van der Waals surface area contributed by atoms with E-state index in [1.54, 1.807) is 15.6 Å². The van der Waals surface area contributed by atoms with Gasteiger partial charge in [-0.1, -0.05) is 11.6 Å². The molecule has 162 valence electrons. The molecule has 0 aromatic carbocycles. The molecule has 1 aliphatic rings. The Hall–Kier alpha value is -2.85.